The summed E-state index contributed by atoms with van der Waals surface area (Å²) in [4.78, 5) is 0. The van der Waals surface area contributed by atoms with Crippen LogP contribution in [0.3, 0.4) is 0 Å². The Morgan fingerprint density at radius 1 is 0.895 bits per heavy atom. The van der Waals surface area contributed by atoms with Crippen LogP contribution in [0, 0.1) is 0 Å². The van der Waals surface area contributed by atoms with Crippen molar-refractivity contribution in [1.29, 1.82) is 0 Å². The van der Waals surface area contributed by atoms with Gasteiger partial charge in [0.2, 0.25) is 8.32 Å². The van der Waals surface area contributed by atoms with Gasteiger partial charge in [-0.1, -0.05) is 49.1 Å². The number of benzene rings is 1. The third kappa shape index (κ3) is 4.91. The Kier molecular flexibility index (Phi) is 4.73. The fourth-order valence-corrected chi connectivity index (χ4v) is 3.61. The van der Waals surface area contributed by atoms with Gasteiger partial charge in [-0.15, -0.1) is 0 Å². The second-order valence-electron chi connectivity index (χ2n) is 6.63. The predicted molar refractivity (Wildman–Crippen MR) is 83.0 cm³/mol. The molecule has 0 fully saturated rings. The maximum absolute atomic E-state index is 13.0. The molecular formula is C14H22F2OSi2. The standard InChI is InChI=1S/C14H22F2OSi2/c1-18(2,3)12-9-7-11(8-10-12)13(14(15)16)17-19(4,5)6/h7-10H,1-6H3. The molecule has 0 spiro atoms. The normalized spacial score (nSPS) is 12.2. The molecule has 0 amide bonds. The van der Waals surface area contributed by atoms with Crippen LogP contribution in [0.2, 0.25) is 39.3 Å². The van der Waals surface area contributed by atoms with Crippen LogP contribution < -0.4 is 5.19 Å². The molecule has 1 aromatic carbocycles. The minimum Gasteiger partial charge on any atom is -0.540 e. The molecule has 0 radical (unpaired) electrons. The van der Waals surface area contributed by atoms with Crippen LogP contribution in [0.5, 0.6) is 0 Å². The molecule has 0 heterocycles. The molecule has 0 aromatic heterocycles. The van der Waals surface area contributed by atoms with E-state index in [1.165, 1.54) is 5.19 Å². The smallest absolute Gasteiger partial charge is 0.311 e. The van der Waals surface area contributed by atoms with Crippen molar-refractivity contribution in [2.75, 3.05) is 0 Å². The molecule has 0 unspecified atom stereocenters. The molecule has 0 atom stereocenters. The van der Waals surface area contributed by atoms with Crippen molar-refractivity contribution in [3.8, 4) is 0 Å². The summed E-state index contributed by atoms with van der Waals surface area (Å²) in [7, 11) is -3.45. The second-order valence-corrected chi connectivity index (χ2v) is 16.1. The Morgan fingerprint density at radius 2 is 1.37 bits per heavy atom. The molecule has 0 N–H and O–H groups in total. The monoisotopic (exact) mass is 300 g/mol. The van der Waals surface area contributed by atoms with E-state index in [1.807, 2.05) is 31.8 Å². The Balaban J connectivity index is 3.11. The van der Waals surface area contributed by atoms with Crippen molar-refractivity contribution in [2.24, 2.45) is 0 Å². The zero-order valence-electron chi connectivity index (χ0n) is 12.5. The second kappa shape index (κ2) is 5.58. The molecule has 1 nitrogen and oxygen atoms in total. The molecule has 1 rings (SSSR count). The van der Waals surface area contributed by atoms with Crippen molar-refractivity contribution >= 4 is 27.3 Å². The maximum atomic E-state index is 13.0. The average molecular weight is 300 g/mol. The van der Waals surface area contributed by atoms with E-state index < -0.39 is 22.5 Å². The Labute approximate surface area is 116 Å². The van der Waals surface area contributed by atoms with Crippen LogP contribution in [0.1, 0.15) is 5.56 Å². The fourth-order valence-electron chi connectivity index (χ4n) is 1.63. The summed E-state index contributed by atoms with van der Waals surface area (Å²) in [5.74, 6) is -0.263. The lowest BCUT2D eigenvalue weighted by atomic mass is 10.2. The number of hydrogen-bond donors (Lipinski definition) is 0. The lowest BCUT2D eigenvalue weighted by molar-refractivity contribution is 0.384. The molecule has 0 saturated heterocycles. The topological polar surface area (TPSA) is 9.23 Å². The number of halogens is 2. The van der Waals surface area contributed by atoms with Gasteiger partial charge in [-0.25, -0.2) is 0 Å². The maximum Gasteiger partial charge on any atom is 0.311 e. The molecular weight excluding hydrogens is 278 g/mol. The third-order valence-electron chi connectivity index (χ3n) is 2.59. The van der Waals surface area contributed by atoms with Crippen LogP contribution in [-0.4, -0.2) is 16.4 Å². The summed E-state index contributed by atoms with van der Waals surface area (Å²) in [5.41, 5.74) is 0.462. The van der Waals surface area contributed by atoms with Gasteiger partial charge in [0.25, 0.3) is 0 Å². The van der Waals surface area contributed by atoms with Crippen LogP contribution >= 0.6 is 0 Å². The average Bonchev–Trinajstić information content (AvgIpc) is 2.23. The number of rotatable bonds is 4. The minimum absolute atomic E-state index is 0.263. The van der Waals surface area contributed by atoms with Gasteiger partial charge in [0.1, 0.15) is 0 Å². The molecule has 1 aromatic rings. The summed E-state index contributed by atoms with van der Waals surface area (Å²) >= 11 is 0. The van der Waals surface area contributed by atoms with Crippen molar-refractivity contribution < 1.29 is 13.2 Å². The van der Waals surface area contributed by atoms with Gasteiger partial charge in [-0.3, -0.25) is 0 Å². The highest BCUT2D eigenvalue weighted by Gasteiger charge is 2.23. The molecule has 0 aliphatic rings. The first-order valence-corrected chi connectivity index (χ1v) is 13.3. The zero-order chi connectivity index (χ0) is 14.8. The van der Waals surface area contributed by atoms with E-state index in [1.54, 1.807) is 12.1 Å². The van der Waals surface area contributed by atoms with Gasteiger partial charge in [0, 0.05) is 5.56 Å². The summed E-state index contributed by atoms with van der Waals surface area (Å²) in [6, 6.07) is 7.36. The highest BCUT2D eigenvalue weighted by molar-refractivity contribution is 6.88. The molecule has 0 bridgehead atoms. The van der Waals surface area contributed by atoms with Gasteiger partial charge in [0.15, 0.2) is 5.76 Å². The van der Waals surface area contributed by atoms with Crippen LogP contribution in [0.25, 0.3) is 5.76 Å². The first-order valence-electron chi connectivity index (χ1n) is 6.36. The van der Waals surface area contributed by atoms with E-state index in [-0.39, 0.29) is 5.76 Å². The van der Waals surface area contributed by atoms with Gasteiger partial charge in [0.05, 0.1) is 8.07 Å². The first-order chi connectivity index (χ1) is 8.50. The van der Waals surface area contributed by atoms with E-state index in [4.69, 9.17) is 4.43 Å². The largest absolute Gasteiger partial charge is 0.540 e. The van der Waals surface area contributed by atoms with Crippen LogP contribution in [0.4, 0.5) is 8.78 Å². The van der Waals surface area contributed by atoms with Crippen molar-refractivity contribution in [3.05, 3.63) is 35.9 Å². The summed E-state index contributed by atoms with van der Waals surface area (Å²) in [6.45, 7) is 12.4. The van der Waals surface area contributed by atoms with Gasteiger partial charge >= 0.3 is 6.08 Å². The van der Waals surface area contributed by atoms with E-state index in [9.17, 15) is 8.78 Å². The van der Waals surface area contributed by atoms with Gasteiger partial charge in [-0.05, 0) is 19.6 Å². The van der Waals surface area contributed by atoms with Crippen LogP contribution in [0.15, 0.2) is 30.3 Å². The van der Waals surface area contributed by atoms with Crippen molar-refractivity contribution in [1.82, 2.24) is 0 Å². The van der Waals surface area contributed by atoms with Gasteiger partial charge in [-0.2, -0.15) is 8.78 Å². The SMILES string of the molecule is C[Si](C)(C)OC(=C(F)F)c1ccc([Si](C)(C)C)cc1. The van der Waals surface area contributed by atoms with E-state index in [2.05, 4.69) is 19.6 Å². The molecule has 0 saturated carbocycles. The number of hydrogen-bond acceptors (Lipinski definition) is 1. The highest BCUT2D eigenvalue weighted by atomic mass is 28.4. The Bertz CT molecular complexity index is 464. The minimum atomic E-state index is -2.05. The summed E-state index contributed by atoms with van der Waals surface area (Å²) < 4.78 is 31.6. The molecule has 5 heteroatoms. The molecule has 0 aliphatic carbocycles. The third-order valence-corrected chi connectivity index (χ3v) is 5.47. The van der Waals surface area contributed by atoms with Gasteiger partial charge < -0.3 is 4.43 Å². The van der Waals surface area contributed by atoms with Crippen LogP contribution in [-0.2, 0) is 4.43 Å². The van der Waals surface area contributed by atoms with E-state index in [0.29, 0.717) is 5.56 Å². The Hall–Kier alpha value is -0.946. The quantitative estimate of drug-likeness (QED) is 0.581. The summed E-state index contributed by atoms with van der Waals surface area (Å²) in [5, 5.41) is 1.25. The zero-order valence-corrected chi connectivity index (χ0v) is 14.5. The first kappa shape index (κ1) is 16.1. The Morgan fingerprint density at radius 3 is 1.68 bits per heavy atom. The lowest BCUT2D eigenvalue weighted by Crippen LogP contribution is -2.37. The van der Waals surface area contributed by atoms with Crippen molar-refractivity contribution in [2.45, 2.75) is 39.3 Å². The lowest BCUT2D eigenvalue weighted by Gasteiger charge is -2.22. The molecule has 19 heavy (non-hydrogen) atoms. The molecule has 0 aliphatic heterocycles. The van der Waals surface area contributed by atoms with E-state index in [0.717, 1.165) is 0 Å². The molecule has 106 valence electrons. The van der Waals surface area contributed by atoms with Crippen molar-refractivity contribution in [3.63, 3.8) is 0 Å². The van der Waals surface area contributed by atoms with E-state index >= 15 is 0 Å². The summed E-state index contributed by atoms with van der Waals surface area (Å²) in [6.07, 6.45) is -1.75. The predicted octanol–water partition coefficient (Wildman–Crippen LogP) is 4.65. The fraction of sp³-hybridized carbons (Fsp3) is 0.429. The highest BCUT2D eigenvalue weighted by Crippen LogP contribution is 2.25.